The van der Waals surface area contributed by atoms with E-state index in [1.54, 1.807) is 4.90 Å². The van der Waals surface area contributed by atoms with Crippen LogP contribution >= 0.6 is 0 Å². The largest absolute Gasteiger partial charge is 0.481 e. The van der Waals surface area contributed by atoms with Crippen LogP contribution in [0.4, 0.5) is 4.79 Å². The molecule has 1 amide bonds. The van der Waals surface area contributed by atoms with Gasteiger partial charge in [0.1, 0.15) is 5.60 Å². The van der Waals surface area contributed by atoms with Crippen LogP contribution in [0, 0.1) is 5.92 Å². The number of nitrogens with zero attached hydrogens (tertiary/aromatic N) is 1. The van der Waals surface area contributed by atoms with E-state index in [0.717, 1.165) is 19.3 Å². The van der Waals surface area contributed by atoms with Crippen molar-refractivity contribution < 1.29 is 24.5 Å². The minimum absolute atomic E-state index is 0.220. The Morgan fingerprint density at radius 1 is 1.38 bits per heavy atom. The molecule has 1 aliphatic heterocycles. The van der Waals surface area contributed by atoms with E-state index in [0.29, 0.717) is 25.4 Å². The molecule has 0 spiro atoms. The quantitative estimate of drug-likeness (QED) is 0.813. The summed E-state index contributed by atoms with van der Waals surface area (Å²) in [6, 6.07) is 0. The fourth-order valence-corrected chi connectivity index (χ4v) is 2.52. The van der Waals surface area contributed by atoms with Crippen molar-refractivity contribution in [2.75, 3.05) is 13.1 Å². The Morgan fingerprint density at radius 2 is 2.05 bits per heavy atom. The number of aliphatic hydroxyl groups excluding tert-OH is 1. The molecule has 2 atom stereocenters. The van der Waals surface area contributed by atoms with Crippen LogP contribution in [0.5, 0.6) is 0 Å². The molecule has 1 aliphatic rings. The fraction of sp³-hybridized carbons (Fsp3) is 0.867. The minimum Gasteiger partial charge on any atom is -0.481 e. The number of carboxylic acids is 1. The summed E-state index contributed by atoms with van der Waals surface area (Å²) in [7, 11) is 0. The predicted octanol–water partition coefficient (Wildman–Crippen LogP) is 2.25. The van der Waals surface area contributed by atoms with E-state index >= 15 is 0 Å². The first-order chi connectivity index (χ1) is 9.67. The maximum Gasteiger partial charge on any atom is 0.410 e. The van der Waals surface area contributed by atoms with Crippen LogP contribution in [0.1, 0.15) is 52.9 Å². The van der Waals surface area contributed by atoms with Crippen molar-refractivity contribution in [2.24, 2.45) is 5.92 Å². The highest BCUT2D eigenvalue weighted by Crippen LogP contribution is 2.23. The molecule has 21 heavy (non-hydrogen) atoms. The molecule has 0 saturated carbocycles. The van der Waals surface area contributed by atoms with Crippen LogP contribution in [0.25, 0.3) is 0 Å². The SMILES string of the molecule is CC(C)(C)OC(=O)N1CCCC(CCC(O)CC(=O)O)C1. The molecular weight excluding hydrogens is 274 g/mol. The molecule has 0 aromatic rings. The number of rotatable bonds is 5. The lowest BCUT2D eigenvalue weighted by Crippen LogP contribution is -2.43. The van der Waals surface area contributed by atoms with E-state index in [9.17, 15) is 14.7 Å². The molecule has 0 bridgehead atoms. The third-order valence-corrected chi connectivity index (χ3v) is 3.49. The third kappa shape index (κ3) is 7.32. The van der Waals surface area contributed by atoms with Crippen LogP contribution in [-0.4, -0.2) is 52.0 Å². The van der Waals surface area contributed by atoms with E-state index in [1.165, 1.54) is 0 Å². The van der Waals surface area contributed by atoms with Crippen molar-refractivity contribution in [3.8, 4) is 0 Å². The first-order valence-electron chi connectivity index (χ1n) is 7.55. The van der Waals surface area contributed by atoms with Crippen LogP contribution < -0.4 is 0 Å². The number of piperidine rings is 1. The van der Waals surface area contributed by atoms with Gasteiger partial charge in [0.25, 0.3) is 0 Å². The molecule has 0 aromatic carbocycles. The van der Waals surface area contributed by atoms with Gasteiger partial charge in [-0.15, -0.1) is 0 Å². The highest BCUT2D eigenvalue weighted by Gasteiger charge is 2.27. The number of carbonyl (C=O) groups is 2. The van der Waals surface area contributed by atoms with Gasteiger partial charge in [-0.1, -0.05) is 0 Å². The van der Waals surface area contributed by atoms with E-state index < -0.39 is 17.7 Å². The molecule has 2 N–H and O–H groups in total. The van der Waals surface area contributed by atoms with Gasteiger partial charge < -0.3 is 19.8 Å². The highest BCUT2D eigenvalue weighted by atomic mass is 16.6. The number of aliphatic hydroxyl groups is 1. The molecule has 1 heterocycles. The minimum atomic E-state index is -0.985. The average molecular weight is 301 g/mol. The summed E-state index contributed by atoms with van der Waals surface area (Å²) >= 11 is 0. The molecule has 1 rings (SSSR count). The Hall–Kier alpha value is -1.30. The normalized spacial score (nSPS) is 21.0. The summed E-state index contributed by atoms with van der Waals surface area (Å²) in [5, 5.41) is 18.2. The predicted molar refractivity (Wildman–Crippen MR) is 78.0 cm³/mol. The van der Waals surface area contributed by atoms with Gasteiger partial charge in [-0.05, 0) is 52.4 Å². The van der Waals surface area contributed by atoms with Gasteiger partial charge in [-0.25, -0.2) is 4.79 Å². The molecule has 0 radical (unpaired) electrons. The van der Waals surface area contributed by atoms with Crippen LogP contribution in [-0.2, 0) is 9.53 Å². The summed E-state index contributed by atoms with van der Waals surface area (Å²) < 4.78 is 5.36. The zero-order valence-corrected chi connectivity index (χ0v) is 13.2. The smallest absolute Gasteiger partial charge is 0.410 e. The standard InChI is InChI=1S/C15H27NO5/c1-15(2,3)21-14(20)16-8-4-5-11(10-16)6-7-12(17)9-13(18)19/h11-12,17H,4-10H2,1-3H3,(H,18,19). The Morgan fingerprint density at radius 3 is 2.62 bits per heavy atom. The van der Waals surface area contributed by atoms with E-state index in [-0.39, 0.29) is 12.5 Å². The van der Waals surface area contributed by atoms with Gasteiger partial charge in [0, 0.05) is 13.1 Å². The lowest BCUT2D eigenvalue weighted by atomic mass is 9.92. The maximum absolute atomic E-state index is 12.0. The summed E-state index contributed by atoms with van der Waals surface area (Å²) in [4.78, 5) is 24.2. The summed E-state index contributed by atoms with van der Waals surface area (Å²) in [6.45, 7) is 6.84. The fourth-order valence-electron chi connectivity index (χ4n) is 2.52. The summed E-state index contributed by atoms with van der Waals surface area (Å²) in [6.07, 6.45) is 1.78. The van der Waals surface area contributed by atoms with Crippen molar-refractivity contribution in [2.45, 2.75) is 64.6 Å². The molecule has 6 nitrogen and oxygen atoms in total. The van der Waals surface area contributed by atoms with Crippen LogP contribution in [0.2, 0.25) is 0 Å². The molecule has 0 aromatic heterocycles. The van der Waals surface area contributed by atoms with Crippen LogP contribution in [0.3, 0.4) is 0 Å². The average Bonchev–Trinajstić information content (AvgIpc) is 2.34. The first-order valence-corrected chi connectivity index (χ1v) is 7.55. The number of amides is 1. The monoisotopic (exact) mass is 301 g/mol. The molecule has 122 valence electrons. The Labute approximate surface area is 126 Å². The molecule has 2 unspecified atom stereocenters. The Kier molecular flexibility index (Phi) is 6.45. The molecule has 1 saturated heterocycles. The lowest BCUT2D eigenvalue weighted by molar-refractivity contribution is -0.139. The number of carboxylic acid groups (broad SMARTS) is 1. The van der Waals surface area contributed by atoms with Crippen molar-refractivity contribution in [1.82, 2.24) is 4.90 Å². The van der Waals surface area contributed by atoms with Gasteiger partial charge >= 0.3 is 12.1 Å². The van der Waals surface area contributed by atoms with Gasteiger partial charge in [0.05, 0.1) is 12.5 Å². The van der Waals surface area contributed by atoms with Crippen molar-refractivity contribution in [3.05, 3.63) is 0 Å². The molecule has 0 aliphatic carbocycles. The third-order valence-electron chi connectivity index (χ3n) is 3.49. The van der Waals surface area contributed by atoms with E-state index in [2.05, 4.69) is 0 Å². The Balaban J connectivity index is 2.38. The Bertz CT molecular complexity index is 364. The van der Waals surface area contributed by atoms with Crippen molar-refractivity contribution in [3.63, 3.8) is 0 Å². The first kappa shape index (κ1) is 17.8. The zero-order chi connectivity index (χ0) is 16.0. The van der Waals surface area contributed by atoms with Crippen molar-refractivity contribution in [1.29, 1.82) is 0 Å². The van der Waals surface area contributed by atoms with Gasteiger partial charge in [-0.2, -0.15) is 0 Å². The molecule has 1 fully saturated rings. The highest BCUT2D eigenvalue weighted by molar-refractivity contribution is 5.68. The zero-order valence-electron chi connectivity index (χ0n) is 13.2. The van der Waals surface area contributed by atoms with E-state index in [4.69, 9.17) is 9.84 Å². The number of carbonyl (C=O) groups excluding carboxylic acids is 1. The van der Waals surface area contributed by atoms with Gasteiger partial charge in [0.15, 0.2) is 0 Å². The number of hydrogen-bond donors (Lipinski definition) is 2. The van der Waals surface area contributed by atoms with Gasteiger partial charge in [-0.3, -0.25) is 4.79 Å². The number of hydrogen-bond acceptors (Lipinski definition) is 4. The lowest BCUT2D eigenvalue weighted by Gasteiger charge is -2.34. The summed E-state index contributed by atoms with van der Waals surface area (Å²) in [5.74, 6) is -0.684. The maximum atomic E-state index is 12.0. The number of likely N-dealkylation sites (tertiary alicyclic amines) is 1. The second kappa shape index (κ2) is 7.64. The topological polar surface area (TPSA) is 87.1 Å². The number of ether oxygens (including phenoxy) is 1. The number of aliphatic carboxylic acids is 1. The molecule has 6 heteroatoms. The van der Waals surface area contributed by atoms with Crippen molar-refractivity contribution >= 4 is 12.1 Å². The molecular formula is C15H27NO5. The van der Waals surface area contributed by atoms with Crippen LogP contribution in [0.15, 0.2) is 0 Å². The summed E-state index contributed by atoms with van der Waals surface area (Å²) in [5.41, 5.74) is -0.498. The second-order valence-electron chi connectivity index (χ2n) is 6.76. The second-order valence-corrected chi connectivity index (χ2v) is 6.76. The van der Waals surface area contributed by atoms with E-state index in [1.807, 2.05) is 20.8 Å². The van der Waals surface area contributed by atoms with Gasteiger partial charge in [0.2, 0.25) is 0 Å².